The molecule has 3 aliphatic heterocycles. The highest BCUT2D eigenvalue weighted by Gasteiger charge is 2.47. The first-order valence-corrected chi connectivity index (χ1v) is 54.6. The number of nitriles is 6. The number of hydrogen-bond acceptors (Lipinski definition) is 14. The Balaban J connectivity index is 0.000000117. The molecule has 27 rings (SSSR count). The molecule has 8 heterocycles. The predicted octanol–water partition coefficient (Wildman–Crippen LogP) is 34.6. The van der Waals surface area contributed by atoms with E-state index in [1.807, 2.05) is 79.7 Å². The second kappa shape index (κ2) is 36.0. The van der Waals surface area contributed by atoms with Crippen LogP contribution in [0.3, 0.4) is 0 Å². The number of nitrogens with zero attached hydrogens (tertiary/aromatic N) is 10. The zero-order chi connectivity index (χ0) is 101. The third-order valence-corrected chi connectivity index (χ3v) is 36.5. The molecule has 0 saturated heterocycles. The lowest BCUT2D eigenvalue weighted by Crippen LogP contribution is -2.58. The molecule has 698 valence electrons. The van der Waals surface area contributed by atoms with Gasteiger partial charge in [-0.25, -0.2) is 0 Å². The molecule has 0 radical (unpaired) electrons. The lowest BCUT2D eigenvalue weighted by atomic mass is 9.62. The van der Waals surface area contributed by atoms with Crippen molar-refractivity contribution in [1.29, 1.82) is 31.6 Å². The average molecular weight is 1970 g/mol. The van der Waals surface area contributed by atoms with Crippen LogP contribution in [-0.2, 0) is 5.41 Å². The summed E-state index contributed by atoms with van der Waals surface area (Å²) < 4.78 is 20.4. The van der Waals surface area contributed by atoms with Crippen LogP contribution < -0.4 is 29.8 Å². The normalized spacial score (nSPS) is 12.8. The predicted molar refractivity (Wildman–Crippen MR) is 611 cm³/mol. The van der Waals surface area contributed by atoms with E-state index in [0.717, 1.165) is 133 Å². The van der Waals surface area contributed by atoms with Crippen molar-refractivity contribution in [2.75, 3.05) is 14.7 Å². The van der Waals surface area contributed by atoms with Crippen LogP contribution in [0.15, 0.2) is 398 Å². The third-order valence-electron chi connectivity index (χ3n) is 29.6. The summed E-state index contributed by atoms with van der Waals surface area (Å²) in [5.74, 6) is 1.45. The average Bonchev–Trinajstić information content (AvgIpc) is 0.793. The summed E-state index contributed by atoms with van der Waals surface area (Å²) in [6.45, 7) is 15.5. The molecule has 0 amide bonds. The molecule has 24 aromatic rings. The number of rotatable bonds is 10. The van der Waals surface area contributed by atoms with Gasteiger partial charge in [-0.3, -0.25) is 0 Å². The molecule has 5 aromatic heterocycles. The van der Waals surface area contributed by atoms with Crippen LogP contribution in [0.2, 0.25) is 13.1 Å². The molecule has 0 fully saturated rings. The lowest BCUT2D eigenvalue weighted by Gasteiger charge is -2.46. The fourth-order valence-corrected chi connectivity index (χ4v) is 29.9. The first-order chi connectivity index (χ1) is 72.5. The van der Waals surface area contributed by atoms with Gasteiger partial charge in [0, 0.05) is 129 Å². The number of furan rings is 1. The molecule has 0 spiro atoms. The van der Waals surface area contributed by atoms with E-state index >= 15 is 0 Å². The molecule has 0 atom stereocenters. The Morgan fingerprint density at radius 1 is 0.304 bits per heavy atom. The molecule has 12 nitrogen and oxygen atoms in total. The van der Waals surface area contributed by atoms with E-state index in [9.17, 15) is 31.6 Å². The van der Waals surface area contributed by atoms with Crippen LogP contribution in [0.4, 0.5) is 51.2 Å². The number of para-hydroxylation sites is 9. The highest BCUT2D eigenvalue weighted by molar-refractivity contribution is 7.27. The minimum atomic E-state index is -2.01. The van der Waals surface area contributed by atoms with E-state index in [1.165, 1.54) is 102 Å². The highest BCUT2D eigenvalue weighted by atomic mass is 32.1. The summed E-state index contributed by atoms with van der Waals surface area (Å²) >= 11 is 5.19. The van der Waals surface area contributed by atoms with Gasteiger partial charge in [0.2, 0.25) is 0 Å². The van der Waals surface area contributed by atoms with E-state index in [2.05, 4.69) is 393 Å². The minimum Gasteiger partial charge on any atom is -0.454 e. The number of aromatic nitrogens is 1. The van der Waals surface area contributed by atoms with Gasteiger partial charge in [-0.1, -0.05) is 261 Å². The van der Waals surface area contributed by atoms with Gasteiger partial charge in [0.1, 0.15) is 13.7 Å². The van der Waals surface area contributed by atoms with Gasteiger partial charge < -0.3 is 28.4 Å². The number of aryl methyl sites for hydroxylation is 5. The number of ether oxygens (including phenoxy) is 1. The smallest absolute Gasteiger partial charge is 0.159 e. The molecule has 3 aliphatic rings. The molecule has 148 heavy (non-hydrogen) atoms. The Kier molecular flexibility index (Phi) is 22.0. The molecule has 0 unspecified atom stereocenters. The lowest BCUT2D eigenvalue weighted by molar-refractivity contribution is 0.477. The molecule has 0 aliphatic carbocycles. The standard InChI is InChI=1S/C49H29N3S2.C46H30N4O2Si.C37H27N3S/c50-30-32-14-11-15-33(31-51)46(32)40-29-36(28-39-37-20-12-21-38(45-26-13-27-53-45)47(37)54-48(39)40)52-43-24-9-7-22-41(43)49(34-16-3-1-4-17-34,35-18-5-2-6-19-35)42-23-8-10-25-44(42)52;1-53(2)42-23-9-5-18-36(42)50(37-19-6-10-24-43(37)53)38-20-12-15-32-45-33(44-29(27-47)13-11-14-30(44)28-48)25-31(26-41(45)52-46(32)38)49-34-16-3-7-21-39(34)51-40-22-8-4-17-35(40)49;1-20-10-23(4)35-29(14-20)30-15-21(2)11-24(5)36(30)40(35)27-16-31-28-8-6-7-9-33(28)41-37(31)32(17-27)34-25(18-38)12-22(3)13-26(34)19-39/h1-29H;3-26H,1-2H3;6-17H,1-5H3. The van der Waals surface area contributed by atoms with Gasteiger partial charge in [-0.2, -0.15) is 31.6 Å². The van der Waals surface area contributed by atoms with Gasteiger partial charge in [0.25, 0.3) is 0 Å². The van der Waals surface area contributed by atoms with E-state index in [-0.39, 0.29) is 0 Å². The monoisotopic (exact) mass is 1970 g/mol. The zero-order valence-electron chi connectivity index (χ0n) is 81.5. The van der Waals surface area contributed by atoms with E-state index in [0.29, 0.717) is 55.7 Å². The summed E-state index contributed by atoms with van der Waals surface area (Å²) in [6, 6.07) is 149. The van der Waals surface area contributed by atoms with Crippen molar-refractivity contribution in [2.24, 2.45) is 0 Å². The second-order valence-corrected chi connectivity index (χ2v) is 45.9. The van der Waals surface area contributed by atoms with E-state index < -0.39 is 13.5 Å². The number of thiophene rings is 3. The van der Waals surface area contributed by atoms with Crippen LogP contribution in [0, 0.1) is 103 Å². The summed E-state index contributed by atoms with van der Waals surface area (Å²) in [7, 11) is -2.01. The summed E-state index contributed by atoms with van der Waals surface area (Å²) in [5.41, 5.74) is 32.2. The van der Waals surface area contributed by atoms with Crippen LogP contribution in [-0.4, -0.2) is 12.6 Å². The highest BCUT2D eigenvalue weighted by Crippen LogP contribution is 2.61. The SMILES string of the molecule is C[Si]1(C)c2ccccc2N(c2cccc3c2oc2cc(N4c5ccccc5Oc5ccccc54)cc(-c4c(C#N)cccc4C#N)c23)c2ccccc21.Cc1cc(C#N)c(-c2cc(-n3c4c(C)cc(C)cc4c4cc(C)cc(C)c43)cc3c2sc2ccccc23)c(C#N)c1.N#Cc1cccc(C#N)c1-c1cc(N2c3ccccc3C(c3ccccc3)(c3ccccc3)c3ccccc32)cc2c1sc1c(-c3cccs3)cccc12. The fourth-order valence-electron chi connectivity index (χ4n) is 23.6. The molecule has 16 heteroatoms. The van der Waals surface area contributed by atoms with E-state index in [4.69, 9.17) is 9.15 Å². The van der Waals surface area contributed by atoms with Crippen molar-refractivity contribution in [3.8, 4) is 97.4 Å². The van der Waals surface area contributed by atoms with Gasteiger partial charge in [-0.15, -0.1) is 34.0 Å². The quantitative estimate of drug-likeness (QED) is 0.119. The van der Waals surface area contributed by atoms with Crippen molar-refractivity contribution < 1.29 is 9.15 Å². The maximum Gasteiger partial charge on any atom is 0.159 e. The summed E-state index contributed by atoms with van der Waals surface area (Å²) in [5, 5.41) is 75.9. The van der Waals surface area contributed by atoms with Crippen LogP contribution in [0.1, 0.15) is 83.5 Å². The maximum absolute atomic E-state index is 10.5. The van der Waals surface area contributed by atoms with E-state index in [1.54, 1.807) is 58.3 Å². The summed E-state index contributed by atoms with van der Waals surface area (Å²) in [6.07, 6.45) is 0. The van der Waals surface area contributed by atoms with Gasteiger partial charge in [0.15, 0.2) is 17.1 Å². The zero-order valence-corrected chi connectivity index (χ0v) is 85.0. The van der Waals surface area contributed by atoms with Crippen LogP contribution in [0.5, 0.6) is 11.5 Å². The Morgan fingerprint density at radius 2 is 0.723 bits per heavy atom. The Bertz CT molecular complexity index is 9670. The van der Waals surface area contributed by atoms with Crippen molar-refractivity contribution in [1.82, 2.24) is 4.57 Å². The van der Waals surface area contributed by atoms with Gasteiger partial charge >= 0.3 is 0 Å². The number of hydrogen-bond donors (Lipinski definition) is 0. The van der Waals surface area contributed by atoms with Crippen molar-refractivity contribution in [2.45, 2.75) is 53.1 Å². The van der Waals surface area contributed by atoms with Crippen molar-refractivity contribution in [3.63, 3.8) is 0 Å². The Morgan fingerprint density at radius 3 is 1.28 bits per heavy atom. The topological polar surface area (TPSA) is 180 Å². The van der Waals surface area contributed by atoms with Gasteiger partial charge in [0.05, 0.1) is 120 Å². The second-order valence-electron chi connectivity index (χ2n) is 38.6. The number of benzene rings is 19. The minimum absolute atomic E-state index is 0.418. The molecule has 19 aromatic carbocycles. The number of anilines is 9. The molecular formula is C132H86N10O2S3Si. The summed E-state index contributed by atoms with van der Waals surface area (Å²) in [4.78, 5) is 8.09. The Hall–Kier alpha value is -18.7. The molecule has 0 N–H and O–H groups in total. The third kappa shape index (κ3) is 14.3. The molecule has 0 bridgehead atoms. The van der Waals surface area contributed by atoms with Crippen LogP contribution in [0.25, 0.3) is 134 Å². The fraction of sp³-hybridized carbons (Fsp3) is 0.0606. The largest absolute Gasteiger partial charge is 0.454 e. The molecular weight excluding hydrogens is 1880 g/mol. The van der Waals surface area contributed by atoms with Gasteiger partial charge in [-0.05, 0) is 240 Å². The first kappa shape index (κ1) is 90.5. The van der Waals surface area contributed by atoms with Crippen molar-refractivity contribution in [3.05, 3.63) is 477 Å². The Labute approximate surface area is 868 Å². The molecule has 0 saturated carbocycles. The van der Waals surface area contributed by atoms with Crippen molar-refractivity contribution >= 4 is 188 Å². The number of fused-ring (bicyclic) bond motifs is 18. The van der Waals surface area contributed by atoms with Crippen LogP contribution >= 0.6 is 34.0 Å². The maximum atomic E-state index is 10.5. The first-order valence-electron chi connectivity index (χ1n) is 49.1.